The van der Waals surface area contributed by atoms with Gasteiger partial charge in [0.1, 0.15) is 6.10 Å². The summed E-state index contributed by atoms with van der Waals surface area (Å²) in [7, 11) is 0. The Balaban J connectivity index is 1.27. The molecule has 1 aliphatic heterocycles. The van der Waals surface area contributed by atoms with Crippen LogP contribution in [0.3, 0.4) is 0 Å². The number of fused-ring (bicyclic) bond motifs is 4. The van der Waals surface area contributed by atoms with Crippen LogP contribution in [0.25, 0.3) is 67.3 Å². The Morgan fingerprint density at radius 1 is 0.468 bits per heavy atom. The number of hydrogen-bond acceptors (Lipinski definition) is 5. The molecule has 5 heteroatoms. The average molecular weight is 605 g/mol. The van der Waals surface area contributed by atoms with E-state index in [4.69, 9.17) is 24.7 Å². The minimum absolute atomic E-state index is 0.0656. The predicted octanol–water partition coefficient (Wildman–Crippen LogP) is 9.73. The van der Waals surface area contributed by atoms with E-state index in [1.165, 1.54) is 0 Å². The molecule has 9 rings (SSSR count). The van der Waals surface area contributed by atoms with Crippen LogP contribution in [0.1, 0.15) is 11.6 Å². The number of pyridine rings is 1. The predicted molar refractivity (Wildman–Crippen MR) is 188 cm³/mol. The number of ether oxygens (including phenoxy) is 1. The Kier molecular flexibility index (Phi) is 6.53. The molecule has 0 spiro atoms. The van der Waals surface area contributed by atoms with E-state index >= 15 is 0 Å². The van der Waals surface area contributed by atoms with Crippen molar-refractivity contribution in [1.29, 1.82) is 0 Å². The Bertz CT molecular complexity index is 2350. The normalized spacial score (nSPS) is 16.1. The molecule has 222 valence electrons. The van der Waals surface area contributed by atoms with Gasteiger partial charge in [-0.25, -0.2) is 19.9 Å². The molecule has 0 amide bonds. The summed E-state index contributed by atoms with van der Waals surface area (Å²) in [5, 5.41) is 1.03. The van der Waals surface area contributed by atoms with E-state index in [-0.39, 0.29) is 12.0 Å². The standard InChI is InChI=1S/C42H28N4O/c1-3-14-27(15-4-1)29-18-13-19-30(26-29)41-44-40(28-16-5-2-6-17-28)45-42(46-41)32-21-8-7-20-31(32)37-33-22-9-11-24-35(33)43-38-34-23-10-12-25-36(34)47-39(37)38/h1-26,34,36H. The van der Waals surface area contributed by atoms with Gasteiger partial charge < -0.3 is 4.74 Å². The van der Waals surface area contributed by atoms with Crippen molar-refractivity contribution in [3.8, 4) is 62.2 Å². The molecule has 7 aromatic rings. The molecule has 1 aliphatic carbocycles. The average Bonchev–Trinajstić information content (AvgIpc) is 3.52. The number of rotatable bonds is 5. The van der Waals surface area contributed by atoms with Crippen LogP contribution in [0, 0.1) is 0 Å². The lowest BCUT2D eigenvalue weighted by molar-refractivity contribution is 0.270. The lowest BCUT2D eigenvalue weighted by Gasteiger charge is -2.16. The maximum absolute atomic E-state index is 6.68. The van der Waals surface area contributed by atoms with E-state index in [2.05, 4.69) is 103 Å². The third-order valence-corrected chi connectivity index (χ3v) is 8.86. The summed E-state index contributed by atoms with van der Waals surface area (Å²) in [5.41, 5.74) is 8.88. The number of nitrogens with zero attached hydrogens (tertiary/aromatic N) is 4. The molecular weight excluding hydrogens is 576 g/mol. The molecule has 0 radical (unpaired) electrons. The summed E-state index contributed by atoms with van der Waals surface area (Å²) in [6.07, 6.45) is 8.33. The number of para-hydroxylation sites is 1. The third-order valence-electron chi connectivity index (χ3n) is 8.86. The minimum Gasteiger partial charge on any atom is -0.483 e. The molecule has 3 heterocycles. The summed E-state index contributed by atoms with van der Waals surface area (Å²) in [6, 6.07) is 45.5. The van der Waals surface area contributed by atoms with Gasteiger partial charge in [0, 0.05) is 27.6 Å². The number of allylic oxidation sites excluding steroid dienone is 2. The molecule has 0 saturated carbocycles. The zero-order valence-corrected chi connectivity index (χ0v) is 25.4. The summed E-state index contributed by atoms with van der Waals surface area (Å²) in [5.74, 6) is 2.71. The molecule has 0 fully saturated rings. The van der Waals surface area contributed by atoms with Crippen molar-refractivity contribution in [2.75, 3.05) is 0 Å². The topological polar surface area (TPSA) is 60.8 Å². The summed E-state index contributed by atoms with van der Waals surface area (Å²) >= 11 is 0. The number of aromatic nitrogens is 4. The van der Waals surface area contributed by atoms with Gasteiger partial charge in [-0.1, -0.05) is 140 Å². The second-order valence-electron chi connectivity index (χ2n) is 11.8. The smallest absolute Gasteiger partial charge is 0.164 e. The lowest BCUT2D eigenvalue weighted by atomic mass is 9.91. The zero-order chi connectivity index (χ0) is 31.2. The van der Waals surface area contributed by atoms with Crippen molar-refractivity contribution in [1.82, 2.24) is 19.9 Å². The van der Waals surface area contributed by atoms with Crippen molar-refractivity contribution in [2.24, 2.45) is 0 Å². The van der Waals surface area contributed by atoms with Gasteiger partial charge in [-0.3, -0.25) is 0 Å². The van der Waals surface area contributed by atoms with Crippen LogP contribution in [0.15, 0.2) is 158 Å². The molecule has 0 N–H and O–H groups in total. The second-order valence-corrected chi connectivity index (χ2v) is 11.8. The molecule has 5 aromatic carbocycles. The van der Waals surface area contributed by atoms with Gasteiger partial charge in [0.25, 0.3) is 0 Å². The summed E-state index contributed by atoms with van der Waals surface area (Å²) < 4.78 is 6.68. The fraction of sp³-hybridized carbons (Fsp3) is 0.0476. The SMILES string of the molecule is C1=CC2Oc3c(nc4ccccc4c3-c3ccccc3-c3nc(-c4ccccc4)nc(-c4cccc(-c5ccccc5)c4)n3)C2C=C1. The fourth-order valence-corrected chi connectivity index (χ4v) is 6.61. The van der Waals surface area contributed by atoms with Crippen molar-refractivity contribution < 1.29 is 4.74 Å². The largest absolute Gasteiger partial charge is 0.483 e. The monoisotopic (exact) mass is 604 g/mol. The van der Waals surface area contributed by atoms with Gasteiger partial charge in [-0.2, -0.15) is 0 Å². The van der Waals surface area contributed by atoms with Crippen LogP contribution < -0.4 is 4.74 Å². The van der Waals surface area contributed by atoms with Crippen molar-refractivity contribution >= 4 is 10.9 Å². The van der Waals surface area contributed by atoms with Crippen molar-refractivity contribution in [2.45, 2.75) is 12.0 Å². The van der Waals surface area contributed by atoms with E-state index in [0.717, 1.165) is 61.3 Å². The Labute approximate surface area is 272 Å². The van der Waals surface area contributed by atoms with Crippen molar-refractivity contribution in [3.63, 3.8) is 0 Å². The molecule has 2 aliphatic rings. The van der Waals surface area contributed by atoms with Gasteiger partial charge >= 0.3 is 0 Å². The highest BCUT2D eigenvalue weighted by molar-refractivity contribution is 6.02. The summed E-state index contributed by atoms with van der Waals surface area (Å²) in [6.45, 7) is 0. The minimum atomic E-state index is -0.0874. The van der Waals surface area contributed by atoms with Crippen LogP contribution in [-0.4, -0.2) is 26.0 Å². The van der Waals surface area contributed by atoms with E-state index in [1.807, 2.05) is 54.6 Å². The number of hydrogen-bond donors (Lipinski definition) is 0. The Morgan fingerprint density at radius 3 is 1.91 bits per heavy atom. The van der Waals surface area contributed by atoms with Crippen LogP contribution in [0.5, 0.6) is 5.75 Å². The first kappa shape index (κ1) is 27.1. The molecule has 5 nitrogen and oxygen atoms in total. The fourth-order valence-electron chi connectivity index (χ4n) is 6.61. The molecule has 2 atom stereocenters. The van der Waals surface area contributed by atoms with E-state index in [0.29, 0.717) is 17.5 Å². The quantitative estimate of drug-likeness (QED) is 0.196. The van der Waals surface area contributed by atoms with E-state index in [9.17, 15) is 0 Å². The molecule has 2 aromatic heterocycles. The molecule has 47 heavy (non-hydrogen) atoms. The van der Waals surface area contributed by atoms with Gasteiger partial charge in [0.2, 0.25) is 0 Å². The maximum Gasteiger partial charge on any atom is 0.164 e. The highest BCUT2D eigenvalue weighted by Crippen LogP contribution is 2.50. The third kappa shape index (κ3) is 4.80. The lowest BCUT2D eigenvalue weighted by Crippen LogP contribution is -2.15. The van der Waals surface area contributed by atoms with Gasteiger partial charge in [-0.05, 0) is 34.9 Å². The van der Waals surface area contributed by atoms with E-state index in [1.54, 1.807) is 0 Å². The molecular formula is C42H28N4O. The van der Waals surface area contributed by atoms with Crippen LogP contribution >= 0.6 is 0 Å². The second kappa shape index (κ2) is 11.3. The van der Waals surface area contributed by atoms with Crippen LogP contribution in [0.4, 0.5) is 0 Å². The first-order chi connectivity index (χ1) is 23.3. The highest BCUT2D eigenvalue weighted by Gasteiger charge is 2.37. The first-order valence-corrected chi connectivity index (χ1v) is 15.8. The summed E-state index contributed by atoms with van der Waals surface area (Å²) in [4.78, 5) is 20.4. The number of benzene rings is 5. The maximum atomic E-state index is 6.68. The Morgan fingerprint density at radius 2 is 1.09 bits per heavy atom. The molecule has 0 bridgehead atoms. The van der Waals surface area contributed by atoms with Crippen LogP contribution in [0.2, 0.25) is 0 Å². The highest BCUT2D eigenvalue weighted by atomic mass is 16.5. The van der Waals surface area contributed by atoms with Gasteiger partial charge in [-0.15, -0.1) is 0 Å². The van der Waals surface area contributed by atoms with Gasteiger partial charge in [0.15, 0.2) is 23.2 Å². The first-order valence-electron chi connectivity index (χ1n) is 15.8. The van der Waals surface area contributed by atoms with Gasteiger partial charge in [0.05, 0.1) is 17.1 Å². The van der Waals surface area contributed by atoms with E-state index < -0.39 is 0 Å². The Hall–Kier alpha value is -6.20. The van der Waals surface area contributed by atoms with Crippen LogP contribution in [-0.2, 0) is 0 Å². The molecule has 0 saturated heterocycles. The van der Waals surface area contributed by atoms with Crippen molar-refractivity contribution in [3.05, 3.63) is 163 Å². The molecule has 2 unspecified atom stereocenters. The zero-order valence-electron chi connectivity index (χ0n) is 25.4.